The maximum Gasteiger partial charge on any atom is 0.342 e. The summed E-state index contributed by atoms with van der Waals surface area (Å²) < 4.78 is 57.4. The van der Waals surface area contributed by atoms with Crippen molar-refractivity contribution >= 4 is 86.7 Å². The molecular formula is C92H64BNO16. The first-order valence-electron chi connectivity index (χ1n) is 35.5. The average molecular weight is 1450 g/mol. The van der Waals surface area contributed by atoms with Crippen LogP contribution in [0.4, 0.5) is 0 Å². The number of hydrogen-bond acceptors (Lipinski definition) is 16. The largest absolute Gasteiger partial charge is 0.457 e. The summed E-state index contributed by atoms with van der Waals surface area (Å²) >= 11 is 0. The number of nitrogens with zero attached hydrogens (tertiary/aromatic N) is 1. The monoisotopic (exact) mass is 1450 g/mol. The molecule has 0 unspecified atom stereocenters. The van der Waals surface area contributed by atoms with Crippen molar-refractivity contribution in [1.82, 2.24) is 4.57 Å². The lowest BCUT2D eigenvalue weighted by atomic mass is 9.34. The Balaban J connectivity index is 0.826. The summed E-state index contributed by atoms with van der Waals surface area (Å²) in [6, 6.07) is 89.7. The van der Waals surface area contributed by atoms with Gasteiger partial charge in [0.05, 0.1) is 38.9 Å². The van der Waals surface area contributed by atoms with Crippen LogP contribution < -0.4 is 25.9 Å². The van der Waals surface area contributed by atoms with Crippen LogP contribution in [0.2, 0.25) is 0 Å². The number of aromatic nitrogens is 1. The zero-order valence-corrected chi connectivity index (χ0v) is 58.9. The van der Waals surface area contributed by atoms with Crippen molar-refractivity contribution in [3.8, 4) is 39.8 Å². The summed E-state index contributed by atoms with van der Waals surface area (Å²) in [5.74, 6) is -4.84. The standard InChI is InChI=1S/C92H64BNO16/c95-86(102-51-58-22-8-1-9-23-58)67-39-43-78-82(45-67)110-85-76(92(101)108-57-64-34-20-7-21-35-64)48-75(91(100)107-56-63-32-18-6-19-33-63)84-83(85)93(78)77-42-38-66(44-81(77)109-84)65-36-40-68(41-37-65)94-79-49-73(89(98)105-54-61-28-14-4-15-29-61)71(87(96)103-52-59-24-10-2-11-25-59)46-69(79)70-47-72(88(97)104-53-60-26-12-3-13-27-60)74(50-80(70)94)90(99)106-55-62-30-16-5-17-31-62/h1-50H,51-57H2. The Morgan fingerprint density at radius 3 is 0.909 bits per heavy atom. The number of esters is 7. The van der Waals surface area contributed by atoms with Crippen LogP contribution in [0.1, 0.15) is 111 Å². The van der Waals surface area contributed by atoms with Gasteiger partial charge in [-0.05, 0) is 122 Å². The van der Waals surface area contributed by atoms with Crippen molar-refractivity contribution in [2.24, 2.45) is 0 Å². The fourth-order valence-electron chi connectivity index (χ4n) is 13.7. The topological polar surface area (TPSA) is 207 Å². The molecule has 0 spiro atoms. The van der Waals surface area contributed by atoms with E-state index in [-0.39, 0.29) is 102 Å². The molecule has 14 aromatic rings. The highest BCUT2D eigenvalue weighted by molar-refractivity contribution is 6.98. The van der Waals surface area contributed by atoms with Crippen molar-refractivity contribution in [2.75, 3.05) is 0 Å². The molecule has 16 rings (SSSR count). The van der Waals surface area contributed by atoms with E-state index in [1.807, 2.05) is 259 Å². The number of rotatable bonds is 23. The first kappa shape index (κ1) is 70.0. The number of fused-ring (bicyclic) bond motifs is 7. The van der Waals surface area contributed by atoms with Gasteiger partial charge < -0.3 is 47.2 Å². The van der Waals surface area contributed by atoms with Gasteiger partial charge >= 0.3 is 41.8 Å². The van der Waals surface area contributed by atoms with Crippen molar-refractivity contribution < 1.29 is 76.2 Å². The highest BCUT2D eigenvalue weighted by atomic mass is 16.6. The molecule has 0 aliphatic carbocycles. The maximum atomic E-state index is 14.9. The predicted octanol–water partition coefficient (Wildman–Crippen LogP) is 16.7. The summed E-state index contributed by atoms with van der Waals surface area (Å²) in [5, 5.41) is 0.778. The van der Waals surface area contributed by atoms with Crippen molar-refractivity contribution in [3.63, 3.8) is 0 Å². The fraction of sp³-hybridized carbons (Fsp3) is 0.0761. The third-order valence-electron chi connectivity index (χ3n) is 19.2. The highest BCUT2D eigenvalue weighted by Gasteiger charge is 2.45. The highest BCUT2D eigenvalue weighted by Crippen LogP contribution is 2.43. The Morgan fingerprint density at radius 1 is 0.273 bits per heavy atom. The maximum absolute atomic E-state index is 14.9. The molecule has 110 heavy (non-hydrogen) atoms. The molecule has 13 aromatic carbocycles. The summed E-state index contributed by atoms with van der Waals surface area (Å²) in [4.78, 5) is 103. The summed E-state index contributed by atoms with van der Waals surface area (Å²) in [6.45, 7) is -1.49. The van der Waals surface area contributed by atoms with E-state index < -0.39 is 48.5 Å². The van der Waals surface area contributed by atoms with Crippen LogP contribution in [0.15, 0.2) is 303 Å². The Bertz CT molecular complexity index is 5690. The van der Waals surface area contributed by atoms with E-state index in [0.29, 0.717) is 88.6 Å². The van der Waals surface area contributed by atoms with Gasteiger partial charge in [-0.1, -0.05) is 243 Å². The Hall–Kier alpha value is -14.4. The molecule has 3 heterocycles. The number of hydrogen-bond donors (Lipinski definition) is 0. The van der Waals surface area contributed by atoms with E-state index in [2.05, 4.69) is 0 Å². The van der Waals surface area contributed by atoms with Gasteiger partial charge in [0.25, 0.3) is 6.71 Å². The molecule has 17 nitrogen and oxygen atoms in total. The van der Waals surface area contributed by atoms with Crippen LogP contribution in [0.25, 0.3) is 38.6 Å². The summed E-state index contributed by atoms with van der Waals surface area (Å²) in [7, 11) is 0. The van der Waals surface area contributed by atoms with Crippen molar-refractivity contribution in [1.29, 1.82) is 0 Å². The first-order chi connectivity index (χ1) is 53.9. The fourth-order valence-corrected chi connectivity index (χ4v) is 13.7. The number of carbonyl (C=O) groups excluding carboxylic acids is 7. The molecule has 2 aliphatic heterocycles. The van der Waals surface area contributed by atoms with Crippen LogP contribution in [-0.2, 0) is 79.4 Å². The lowest BCUT2D eigenvalue weighted by Gasteiger charge is -2.35. The Labute approximate surface area is 631 Å². The quantitative estimate of drug-likeness (QED) is 0.0331. The van der Waals surface area contributed by atoms with Gasteiger partial charge in [0.2, 0.25) is 0 Å². The molecule has 18 heteroatoms. The molecule has 0 bridgehead atoms. The minimum atomic E-state index is -0.829. The van der Waals surface area contributed by atoms with Gasteiger partial charge in [0, 0.05) is 21.9 Å². The predicted molar refractivity (Wildman–Crippen MR) is 413 cm³/mol. The minimum absolute atomic E-state index is 0.0130. The molecule has 0 amide bonds. The van der Waals surface area contributed by atoms with Crippen molar-refractivity contribution in [2.45, 2.75) is 46.2 Å². The van der Waals surface area contributed by atoms with E-state index in [1.165, 1.54) is 6.07 Å². The average Bonchev–Trinajstić information content (AvgIpc) is 0.931. The summed E-state index contributed by atoms with van der Waals surface area (Å²) in [6.07, 6.45) is 0. The SMILES string of the molecule is O=C(OCc1ccccc1)c1ccc2c(c1)Oc1c(C(=O)OCc3ccccc3)cc(C(=O)OCc3ccccc3)c3c1B2c1ccc(-c2ccc(-n4c5cc(C(=O)OCc6ccccc6)c(C(=O)OCc6ccccc6)cc5c5cc(C(=O)OCc6ccccc6)c(C(=O)OCc6ccccc6)cc54)cc2)cc1O3. The smallest absolute Gasteiger partial charge is 0.342 e. The first-order valence-corrected chi connectivity index (χ1v) is 35.5. The summed E-state index contributed by atoms with van der Waals surface area (Å²) in [5.41, 5.74) is 8.68. The lowest BCUT2D eigenvalue weighted by Crippen LogP contribution is -2.58. The van der Waals surface area contributed by atoms with E-state index in [1.54, 1.807) is 42.5 Å². The second-order valence-corrected chi connectivity index (χ2v) is 26.3. The third kappa shape index (κ3) is 14.8. The minimum Gasteiger partial charge on any atom is -0.457 e. The van der Waals surface area contributed by atoms with Crippen LogP contribution in [0.5, 0.6) is 23.0 Å². The normalized spacial score (nSPS) is 11.5. The van der Waals surface area contributed by atoms with Crippen LogP contribution in [0.3, 0.4) is 0 Å². The molecule has 0 saturated heterocycles. The molecule has 0 radical (unpaired) electrons. The van der Waals surface area contributed by atoms with E-state index in [9.17, 15) is 33.6 Å². The van der Waals surface area contributed by atoms with E-state index in [0.717, 1.165) is 11.1 Å². The number of ether oxygens (including phenoxy) is 9. The zero-order chi connectivity index (χ0) is 75.0. The third-order valence-corrected chi connectivity index (χ3v) is 19.2. The van der Waals surface area contributed by atoms with Gasteiger partial charge in [0.15, 0.2) is 0 Å². The second-order valence-electron chi connectivity index (χ2n) is 26.3. The molecule has 0 atom stereocenters. The van der Waals surface area contributed by atoms with Gasteiger partial charge in [-0.2, -0.15) is 0 Å². The van der Waals surface area contributed by atoms with Crippen LogP contribution in [0, 0.1) is 0 Å². The zero-order valence-electron chi connectivity index (χ0n) is 58.9. The van der Waals surface area contributed by atoms with Gasteiger partial charge in [-0.15, -0.1) is 0 Å². The molecule has 1 aromatic heterocycles. The molecule has 2 aliphatic rings. The second kappa shape index (κ2) is 31.4. The van der Waals surface area contributed by atoms with E-state index in [4.69, 9.17) is 42.6 Å². The van der Waals surface area contributed by atoms with Crippen LogP contribution in [-0.4, -0.2) is 53.1 Å². The van der Waals surface area contributed by atoms with Crippen LogP contribution >= 0.6 is 0 Å². The number of carbonyl (C=O) groups is 7. The molecule has 536 valence electrons. The molecule has 0 N–H and O–H groups in total. The Morgan fingerprint density at radius 2 is 0.564 bits per heavy atom. The molecule has 0 fully saturated rings. The molecule has 0 saturated carbocycles. The molecular weight excluding hydrogens is 1390 g/mol. The van der Waals surface area contributed by atoms with Gasteiger partial charge in [-0.3, -0.25) is 0 Å². The van der Waals surface area contributed by atoms with E-state index >= 15 is 0 Å². The lowest BCUT2D eigenvalue weighted by molar-refractivity contribution is 0.0425. The van der Waals surface area contributed by atoms with Gasteiger partial charge in [0.1, 0.15) is 80.4 Å². The van der Waals surface area contributed by atoms with Gasteiger partial charge in [-0.25, -0.2) is 33.6 Å². The van der Waals surface area contributed by atoms with Crippen molar-refractivity contribution in [3.05, 3.63) is 381 Å². The Kier molecular flexibility index (Phi) is 19.9. The number of benzene rings is 13.